The summed E-state index contributed by atoms with van der Waals surface area (Å²) >= 11 is 0. The van der Waals surface area contributed by atoms with E-state index >= 15 is 0 Å². The first kappa shape index (κ1) is 11.3. The molecule has 0 aliphatic heterocycles. The van der Waals surface area contributed by atoms with E-state index in [4.69, 9.17) is 9.15 Å². The molecule has 2 unspecified atom stereocenters. The molecular weight excluding hydrogens is 178 g/mol. The van der Waals surface area contributed by atoms with Gasteiger partial charge in [-0.25, -0.2) is 0 Å². The molecule has 80 valence electrons. The average Bonchev–Trinajstić information content (AvgIpc) is 2.71. The maximum Gasteiger partial charge on any atom is 0.0951 e. The average molecular weight is 197 g/mol. The van der Waals surface area contributed by atoms with E-state index in [1.165, 1.54) is 0 Å². The zero-order chi connectivity index (χ0) is 10.4. The Labute approximate surface area is 85.4 Å². The van der Waals surface area contributed by atoms with Crippen molar-refractivity contribution >= 4 is 0 Å². The molecule has 0 amide bonds. The van der Waals surface area contributed by atoms with Crippen LogP contribution in [-0.4, -0.2) is 19.8 Å². The van der Waals surface area contributed by atoms with Crippen LogP contribution in [0.3, 0.4) is 0 Å². The lowest BCUT2D eigenvalue weighted by atomic mass is 10.1. The summed E-state index contributed by atoms with van der Waals surface area (Å²) in [6.07, 6.45) is 4.73. The molecule has 14 heavy (non-hydrogen) atoms. The summed E-state index contributed by atoms with van der Waals surface area (Å²) in [5, 5.41) is 3.44. The van der Waals surface area contributed by atoms with Gasteiger partial charge in [-0.3, -0.25) is 0 Å². The van der Waals surface area contributed by atoms with Crippen molar-refractivity contribution in [3.8, 4) is 0 Å². The maximum absolute atomic E-state index is 5.33. The largest absolute Gasteiger partial charge is 0.472 e. The Balaban J connectivity index is 2.62. The molecule has 0 saturated heterocycles. The van der Waals surface area contributed by atoms with Crippen molar-refractivity contribution in [3.63, 3.8) is 0 Å². The van der Waals surface area contributed by atoms with E-state index in [0.29, 0.717) is 0 Å². The number of furan rings is 1. The van der Waals surface area contributed by atoms with Crippen LogP contribution in [-0.2, 0) is 4.74 Å². The van der Waals surface area contributed by atoms with Crippen molar-refractivity contribution in [1.29, 1.82) is 0 Å². The van der Waals surface area contributed by atoms with E-state index in [9.17, 15) is 0 Å². The summed E-state index contributed by atoms with van der Waals surface area (Å²) in [4.78, 5) is 0. The summed E-state index contributed by atoms with van der Waals surface area (Å²) < 4.78 is 10.4. The zero-order valence-electron chi connectivity index (χ0n) is 9.12. The van der Waals surface area contributed by atoms with Gasteiger partial charge in [-0.2, -0.15) is 0 Å². The van der Waals surface area contributed by atoms with Crippen molar-refractivity contribution < 1.29 is 9.15 Å². The first-order chi connectivity index (χ1) is 6.79. The number of nitrogens with one attached hydrogen (secondary N) is 1. The van der Waals surface area contributed by atoms with E-state index in [2.05, 4.69) is 19.2 Å². The third-order valence-electron chi connectivity index (χ3n) is 2.36. The Bertz CT molecular complexity index is 233. The first-order valence-electron chi connectivity index (χ1n) is 5.07. The van der Waals surface area contributed by atoms with Crippen LogP contribution in [0, 0.1) is 0 Å². The molecule has 3 heteroatoms. The Morgan fingerprint density at radius 3 is 2.86 bits per heavy atom. The van der Waals surface area contributed by atoms with E-state index in [1.54, 1.807) is 19.6 Å². The molecule has 1 heterocycles. The molecule has 0 aliphatic rings. The van der Waals surface area contributed by atoms with Crippen LogP contribution in [0.5, 0.6) is 0 Å². The SMILES string of the molecule is CCCNC(c1ccoc1)C(C)OC. The highest BCUT2D eigenvalue weighted by Gasteiger charge is 2.18. The number of rotatable bonds is 6. The quantitative estimate of drug-likeness (QED) is 0.760. The van der Waals surface area contributed by atoms with Crippen molar-refractivity contribution in [2.45, 2.75) is 32.4 Å². The zero-order valence-corrected chi connectivity index (χ0v) is 9.12. The highest BCUT2D eigenvalue weighted by molar-refractivity contribution is 5.13. The van der Waals surface area contributed by atoms with Crippen LogP contribution in [0.2, 0.25) is 0 Å². The highest BCUT2D eigenvalue weighted by atomic mass is 16.5. The fourth-order valence-electron chi connectivity index (χ4n) is 1.44. The molecule has 0 bridgehead atoms. The van der Waals surface area contributed by atoms with Gasteiger partial charge in [-0.1, -0.05) is 6.92 Å². The summed E-state index contributed by atoms with van der Waals surface area (Å²) in [6.45, 7) is 5.20. The second-order valence-corrected chi connectivity index (χ2v) is 3.43. The minimum Gasteiger partial charge on any atom is -0.472 e. The van der Waals surface area contributed by atoms with Gasteiger partial charge in [0.05, 0.1) is 24.7 Å². The van der Waals surface area contributed by atoms with Crippen LogP contribution in [0.15, 0.2) is 23.0 Å². The fourth-order valence-corrected chi connectivity index (χ4v) is 1.44. The highest BCUT2D eigenvalue weighted by Crippen LogP contribution is 2.19. The summed E-state index contributed by atoms with van der Waals surface area (Å²) in [7, 11) is 1.73. The van der Waals surface area contributed by atoms with Crippen molar-refractivity contribution in [2.75, 3.05) is 13.7 Å². The smallest absolute Gasteiger partial charge is 0.0951 e. The second-order valence-electron chi connectivity index (χ2n) is 3.43. The minimum absolute atomic E-state index is 0.152. The van der Waals surface area contributed by atoms with Gasteiger partial charge in [0.15, 0.2) is 0 Å². The summed E-state index contributed by atoms with van der Waals surface area (Å²) in [5.74, 6) is 0. The van der Waals surface area contributed by atoms with E-state index < -0.39 is 0 Å². The van der Waals surface area contributed by atoms with Crippen molar-refractivity contribution in [1.82, 2.24) is 5.32 Å². The van der Waals surface area contributed by atoms with Gasteiger partial charge in [0, 0.05) is 12.7 Å². The number of ether oxygens (including phenoxy) is 1. The molecule has 3 nitrogen and oxygen atoms in total. The molecule has 1 aromatic rings. The predicted octanol–water partition coefficient (Wildman–Crippen LogP) is 2.36. The lowest BCUT2D eigenvalue weighted by Crippen LogP contribution is -2.31. The Morgan fingerprint density at radius 2 is 2.36 bits per heavy atom. The molecule has 0 radical (unpaired) electrons. The normalized spacial score (nSPS) is 15.4. The molecule has 2 atom stereocenters. The van der Waals surface area contributed by atoms with Gasteiger partial charge in [0.2, 0.25) is 0 Å². The van der Waals surface area contributed by atoms with Gasteiger partial charge >= 0.3 is 0 Å². The molecule has 0 aliphatic carbocycles. The number of hydrogen-bond acceptors (Lipinski definition) is 3. The monoisotopic (exact) mass is 197 g/mol. The minimum atomic E-state index is 0.152. The maximum atomic E-state index is 5.33. The number of hydrogen-bond donors (Lipinski definition) is 1. The fraction of sp³-hybridized carbons (Fsp3) is 0.636. The molecule has 0 spiro atoms. The van der Waals surface area contributed by atoms with Gasteiger partial charge < -0.3 is 14.5 Å². The predicted molar refractivity (Wildman–Crippen MR) is 56.2 cm³/mol. The molecule has 0 aromatic carbocycles. The summed E-state index contributed by atoms with van der Waals surface area (Å²) in [6, 6.07) is 2.20. The van der Waals surface area contributed by atoms with Crippen LogP contribution >= 0.6 is 0 Å². The van der Waals surface area contributed by atoms with Crippen LogP contribution < -0.4 is 5.32 Å². The molecule has 0 saturated carbocycles. The Morgan fingerprint density at radius 1 is 1.57 bits per heavy atom. The topological polar surface area (TPSA) is 34.4 Å². The lowest BCUT2D eigenvalue weighted by Gasteiger charge is -2.22. The van der Waals surface area contributed by atoms with Crippen molar-refractivity contribution in [2.24, 2.45) is 0 Å². The molecule has 1 rings (SSSR count). The van der Waals surface area contributed by atoms with Gasteiger partial charge in [-0.05, 0) is 26.0 Å². The molecule has 1 aromatic heterocycles. The van der Waals surface area contributed by atoms with Crippen LogP contribution in [0.4, 0.5) is 0 Å². The third kappa shape index (κ3) is 2.86. The third-order valence-corrected chi connectivity index (χ3v) is 2.36. The van der Waals surface area contributed by atoms with Gasteiger partial charge in [0.1, 0.15) is 0 Å². The van der Waals surface area contributed by atoms with Crippen LogP contribution in [0.25, 0.3) is 0 Å². The molecule has 1 N–H and O–H groups in total. The van der Waals surface area contributed by atoms with Gasteiger partial charge in [-0.15, -0.1) is 0 Å². The van der Waals surface area contributed by atoms with Crippen LogP contribution in [0.1, 0.15) is 31.9 Å². The van der Waals surface area contributed by atoms with E-state index in [1.807, 2.05) is 6.07 Å². The summed E-state index contributed by atoms with van der Waals surface area (Å²) in [5.41, 5.74) is 1.15. The van der Waals surface area contributed by atoms with E-state index in [0.717, 1.165) is 18.5 Å². The number of methoxy groups -OCH3 is 1. The van der Waals surface area contributed by atoms with E-state index in [-0.39, 0.29) is 12.1 Å². The molecular formula is C11H19NO2. The van der Waals surface area contributed by atoms with Crippen molar-refractivity contribution in [3.05, 3.63) is 24.2 Å². The lowest BCUT2D eigenvalue weighted by molar-refractivity contribution is 0.0828. The Hall–Kier alpha value is -0.800. The second kappa shape index (κ2) is 5.83. The standard InChI is InChI=1S/C11H19NO2/c1-4-6-12-11(9(2)13-3)10-5-7-14-8-10/h5,7-9,11-12H,4,6H2,1-3H3. The first-order valence-corrected chi connectivity index (χ1v) is 5.07. The Kier molecular flexibility index (Phi) is 4.70. The van der Waals surface area contributed by atoms with Gasteiger partial charge in [0.25, 0.3) is 0 Å². The molecule has 0 fully saturated rings.